The minimum Gasteiger partial charge on any atom is -0.549 e. The van der Waals surface area contributed by atoms with Gasteiger partial charge in [0.2, 0.25) is 10.0 Å². The third-order valence-electron chi connectivity index (χ3n) is 3.31. The van der Waals surface area contributed by atoms with Crippen molar-refractivity contribution >= 4 is 39.2 Å². The first-order valence-corrected chi connectivity index (χ1v) is 9.19. The zero-order valence-electron chi connectivity index (χ0n) is 12.5. The Morgan fingerprint density at radius 2 is 1.75 bits per heavy atom. The molecule has 2 aromatic carbocycles. The lowest BCUT2D eigenvalue weighted by molar-refractivity contribution is -0.305. The van der Waals surface area contributed by atoms with E-state index in [1.165, 1.54) is 18.2 Å². The van der Waals surface area contributed by atoms with E-state index in [2.05, 4.69) is 0 Å². The minimum absolute atomic E-state index is 0.0246. The summed E-state index contributed by atoms with van der Waals surface area (Å²) in [5, 5.41) is 11.1. The lowest BCUT2D eigenvalue weighted by atomic mass is 10.1. The number of carbonyl (C=O) groups is 1. The number of rotatable bonds is 7. The van der Waals surface area contributed by atoms with Crippen molar-refractivity contribution in [2.24, 2.45) is 0 Å². The number of halogens is 2. The van der Waals surface area contributed by atoms with Crippen molar-refractivity contribution in [1.82, 2.24) is 4.31 Å². The fraction of sp³-hybridized carbons (Fsp3) is 0.188. The van der Waals surface area contributed by atoms with E-state index in [-0.39, 0.29) is 21.5 Å². The molecule has 0 bridgehead atoms. The minimum atomic E-state index is -4.12. The number of sulfonamides is 1. The fourth-order valence-corrected chi connectivity index (χ4v) is 4.26. The van der Waals surface area contributed by atoms with Crippen LogP contribution in [0.1, 0.15) is 5.56 Å². The summed E-state index contributed by atoms with van der Waals surface area (Å²) in [6.45, 7) is -0.790. The number of benzene rings is 2. The summed E-state index contributed by atoms with van der Waals surface area (Å²) >= 11 is 11.8. The number of nitrogens with zero attached hydrogens (tertiary/aromatic N) is 1. The smallest absolute Gasteiger partial charge is 0.244 e. The van der Waals surface area contributed by atoms with Gasteiger partial charge in [-0.15, -0.1) is 0 Å². The Kier molecular flexibility index (Phi) is 6.23. The molecule has 8 heteroatoms. The molecule has 0 N–H and O–H groups in total. The maximum absolute atomic E-state index is 12.8. The van der Waals surface area contributed by atoms with E-state index in [0.717, 1.165) is 9.87 Å². The first kappa shape index (κ1) is 18.7. The average Bonchev–Trinajstić information content (AvgIpc) is 2.54. The molecule has 2 rings (SSSR count). The monoisotopic (exact) mass is 386 g/mol. The molecule has 5 nitrogen and oxygen atoms in total. The number of aliphatic carboxylic acids is 1. The Bertz CT molecular complexity index is 825. The largest absolute Gasteiger partial charge is 0.549 e. The molecule has 0 fully saturated rings. The van der Waals surface area contributed by atoms with Crippen molar-refractivity contribution in [3.63, 3.8) is 0 Å². The van der Waals surface area contributed by atoms with Gasteiger partial charge in [-0.3, -0.25) is 0 Å². The molecule has 0 atom stereocenters. The van der Waals surface area contributed by atoms with E-state index in [9.17, 15) is 18.3 Å². The topological polar surface area (TPSA) is 77.5 Å². The van der Waals surface area contributed by atoms with Crippen LogP contribution in [0, 0.1) is 0 Å². The lowest BCUT2D eigenvalue weighted by Crippen LogP contribution is -2.42. The SMILES string of the molecule is O=C([O-])CN(CCc1ccccc1)S(=O)(=O)c1cc(Cl)ccc1Cl. The molecule has 128 valence electrons. The highest BCUT2D eigenvalue weighted by Crippen LogP contribution is 2.27. The molecule has 2 aromatic rings. The summed E-state index contributed by atoms with van der Waals surface area (Å²) in [5.74, 6) is -1.50. The molecule has 0 saturated heterocycles. The summed E-state index contributed by atoms with van der Waals surface area (Å²) in [4.78, 5) is 10.7. The van der Waals surface area contributed by atoms with Crippen molar-refractivity contribution in [1.29, 1.82) is 0 Å². The summed E-state index contributed by atoms with van der Waals surface area (Å²) in [6.07, 6.45) is 0.353. The molecule has 0 spiro atoms. The van der Waals surface area contributed by atoms with E-state index in [1.807, 2.05) is 30.3 Å². The second-order valence-corrected chi connectivity index (χ2v) is 7.77. The lowest BCUT2D eigenvalue weighted by Gasteiger charge is -2.23. The Labute approximate surface area is 150 Å². The Morgan fingerprint density at radius 1 is 1.08 bits per heavy atom. The fourth-order valence-electron chi connectivity index (χ4n) is 2.14. The van der Waals surface area contributed by atoms with Crippen molar-refractivity contribution in [3.05, 3.63) is 64.1 Å². The van der Waals surface area contributed by atoms with Gasteiger partial charge < -0.3 is 9.90 Å². The van der Waals surface area contributed by atoms with E-state index in [4.69, 9.17) is 23.2 Å². The number of hydrogen-bond donors (Lipinski definition) is 0. The molecule has 0 amide bonds. The van der Waals surface area contributed by atoms with Crippen molar-refractivity contribution < 1.29 is 18.3 Å². The quantitative estimate of drug-likeness (QED) is 0.728. The highest BCUT2D eigenvalue weighted by Gasteiger charge is 2.27. The third-order valence-corrected chi connectivity index (χ3v) is 5.87. The van der Waals surface area contributed by atoms with Gasteiger partial charge in [0.1, 0.15) is 4.90 Å². The zero-order valence-corrected chi connectivity index (χ0v) is 14.8. The van der Waals surface area contributed by atoms with Gasteiger partial charge >= 0.3 is 0 Å². The second-order valence-electron chi connectivity index (χ2n) is 5.02. The number of carboxylic acids is 1. The molecule has 0 radical (unpaired) electrons. The normalized spacial score (nSPS) is 11.6. The standard InChI is InChI=1S/C16H15Cl2NO4S/c17-13-6-7-14(18)15(10-13)24(22,23)19(11-16(20)21)9-8-12-4-2-1-3-5-12/h1-7,10H,8-9,11H2,(H,20,21)/p-1. The van der Waals surface area contributed by atoms with Crippen molar-refractivity contribution in [2.75, 3.05) is 13.1 Å². The second kappa shape index (κ2) is 7.98. The van der Waals surface area contributed by atoms with Gasteiger partial charge in [0.05, 0.1) is 17.5 Å². The van der Waals surface area contributed by atoms with Crippen molar-refractivity contribution in [3.8, 4) is 0 Å². The number of carbonyl (C=O) groups excluding carboxylic acids is 1. The molecule has 0 unspecified atom stereocenters. The van der Waals surface area contributed by atoms with E-state index in [1.54, 1.807) is 0 Å². The maximum Gasteiger partial charge on any atom is 0.244 e. The summed E-state index contributed by atoms with van der Waals surface area (Å²) < 4.78 is 26.3. The summed E-state index contributed by atoms with van der Waals surface area (Å²) in [6, 6.07) is 13.1. The predicted molar refractivity (Wildman–Crippen MR) is 90.4 cm³/mol. The van der Waals surface area contributed by atoms with E-state index < -0.39 is 22.5 Å². The van der Waals surface area contributed by atoms with Gasteiger partial charge in [0.15, 0.2) is 0 Å². The molecule has 0 aliphatic rings. The van der Waals surface area contributed by atoms with Crippen LogP contribution in [0.5, 0.6) is 0 Å². The van der Waals surface area contributed by atoms with Crippen LogP contribution >= 0.6 is 23.2 Å². The molecule has 0 saturated carbocycles. The highest BCUT2D eigenvalue weighted by molar-refractivity contribution is 7.89. The van der Waals surface area contributed by atoms with E-state index in [0.29, 0.717) is 6.42 Å². The predicted octanol–water partition coefficient (Wildman–Crippen LogP) is 1.98. The van der Waals surface area contributed by atoms with Crippen LogP contribution in [0.15, 0.2) is 53.4 Å². The first-order chi connectivity index (χ1) is 11.3. The Morgan fingerprint density at radius 3 is 2.38 bits per heavy atom. The van der Waals surface area contributed by atoms with Gasteiger partial charge in [-0.25, -0.2) is 8.42 Å². The van der Waals surface area contributed by atoms with Crippen LogP contribution in [0.3, 0.4) is 0 Å². The van der Waals surface area contributed by atoms with Gasteiger partial charge in [0, 0.05) is 11.6 Å². The molecular weight excluding hydrogens is 373 g/mol. The Balaban J connectivity index is 2.31. The average molecular weight is 387 g/mol. The number of hydrogen-bond acceptors (Lipinski definition) is 4. The van der Waals surface area contributed by atoms with Crippen LogP contribution in [0.25, 0.3) is 0 Å². The van der Waals surface area contributed by atoms with Crippen LogP contribution < -0.4 is 5.11 Å². The molecule has 24 heavy (non-hydrogen) atoms. The third kappa shape index (κ3) is 4.70. The molecular formula is C16H14Cl2NO4S-. The van der Waals surface area contributed by atoms with Gasteiger partial charge in [-0.05, 0) is 30.2 Å². The van der Waals surface area contributed by atoms with Crippen molar-refractivity contribution in [2.45, 2.75) is 11.3 Å². The summed E-state index contributed by atoms with van der Waals surface area (Å²) in [7, 11) is -4.12. The molecule has 0 aromatic heterocycles. The van der Waals surface area contributed by atoms with Crippen LogP contribution in [0.4, 0.5) is 0 Å². The van der Waals surface area contributed by atoms with Gasteiger partial charge in [-0.2, -0.15) is 4.31 Å². The zero-order chi connectivity index (χ0) is 17.7. The van der Waals surface area contributed by atoms with Gasteiger partial charge in [0.25, 0.3) is 0 Å². The molecule has 0 heterocycles. The first-order valence-electron chi connectivity index (χ1n) is 6.99. The van der Waals surface area contributed by atoms with Crippen LogP contribution in [-0.2, 0) is 21.2 Å². The maximum atomic E-state index is 12.8. The molecule has 0 aliphatic carbocycles. The summed E-state index contributed by atoms with van der Waals surface area (Å²) in [5.41, 5.74) is 0.883. The highest BCUT2D eigenvalue weighted by atomic mass is 35.5. The Hall–Kier alpha value is -1.60. The number of carboxylic acid groups (broad SMARTS) is 1. The van der Waals surface area contributed by atoms with E-state index >= 15 is 0 Å². The van der Waals surface area contributed by atoms with Crippen LogP contribution in [0.2, 0.25) is 10.0 Å². The van der Waals surface area contributed by atoms with Crippen LogP contribution in [-0.4, -0.2) is 31.8 Å². The van der Waals surface area contributed by atoms with Gasteiger partial charge in [-0.1, -0.05) is 53.5 Å². The molecule has 0 aliphatic heterocycles.